The fourth-order valence-corrected chi connectivity index (χ4v) is 4.05. The molecule has 114 valence electrons. The highest BCUT2D eigenvalue weighted by molar-refractivity contribution is 8.15. The highest BCUT2D eigenvalue weighted by Crippen LogP contribution is 2.48. The highest BCUT2D eigenvalue weighted by Gasteiger charge is 2.43. The van der Waals surface area contributed by atoms with Gasteiger partial charge in [0.15, 0.2) is 0 Å². The Morgan fingerprint density at radius 3 is 2.50 bits per heavy atom. The molecule has 0 aliphatic carbocycles. The van der Waals surface area contributed by atoms with Crippen molar-refractivity contribution in [2.75, 3.05) is 7.11 Å². The lowest BCUT2D eigenvalue weighted by molar-refractivity contribution is -0.107. The molecule has 1 atom stereocenters. The Morgan fingerprint density at radius 1 is 1.25 bits per heavy atom. The molecule has 20 heavy (non-hydrogen) atoms. The zero-order valence-corrected chi connectivity index (χ0v) is 14.0. The molecule has 0 spiro atoms. The smallest absolute Gasteiger partial charge is 0.220 e. The SMILES string of the molecule is C=CCC1=C(OC)C(C)(CCCCCCCC)SC1=O. The molecule has 0 aromatic heterocycles. The molecule has 1 heterocycles. The number of unbranched alkanes of at least 4 members (excludes halogenated alkanes) is 5. The Labute approximate surface area is 128 Å². The monoisotopic (exact) mass is 296 g/mol. The zero-order chi connectivity index (χ0) is 15.0. The number of hydrogen-bond donors (Lipinski definition) is 0. The minimum absolute atomic E-state index is 0.162. The summed E-state index contributed by atoms with van der Waals surface area (Å²) >= 11 is 1.43. The van der Waals surface area contributed by atoms with Crippen LogP contribution in [0.2, 0.25) is 0 Å². The number of allylic oxidation sites excluding steroid dienone is 1. The topological polar surface area (TPSA) is 26.3 Å². The Morgan fingerprint density at radius 2 is 1.90 bits per heavy atom. The number of thioether (sulfide) groups is 1. The molecule has 1 unspecified atom stereocenters. The molecule has 0 fully saturated rings. The summed E-state index contributed by atoms with van der Waals surface area (Å²) in [7, 11) is 1.68. The molecular weight excluding hydrogens is 268 g/mol. The number of rotatable bonds is 10. The van der Waals surface area contributed by atoms with E-state index in [-0.39, 0.29) is 9.86 Å². The second-order valence-electron chi connectivity index (χ2n) is 5.64. The lowest BCUT2D eigenvalue weighted by Gasteiger charge is -2.25. The second kappa shape index (κ2) is 8.56. The minimum atomic E-state index is -0.172. The summed E-state index contributed by atoms with van der Waals surface area (Å²) in [5.41, 5.74) is 0.806. The van der Waals surface area contributed by atoms with Crippen molar-refractivity contribution in [1.82, 2.24) is 0 Å². The van der Waals surface area contributed by atoms with E-state index in [0.29, 0.717) is 6.42 Å². The first-order valence-corrected chi connectivity index (χ1v) is 8.52. The number of hydrogen-bond acceptors (Lipinski definition) is 3. The third-order valence-electron chi connectivity index (χ3n) is 3.88. The first-order chi connectivity index (χ1) is 9.59. The van der Waals surface area contributed by atoms with Crippen molar-refractivity contribution >= 4 is 16.9 Å². The maximum absolute atomic E-state index is 12.1. The highest BCUT2D eigenvalue weighted by atomic mass is 32.2. The van der Waals surface area contributed by atoms with Gasteiger partial charge < -0.3 is 4.74 Å². The molecule has 0 saturated heterocycles. The van der Waals surface area contributed by atoms with Crippen molar-refractivity contribution in [3.05, 3.63) is 24.0 Å². The van der Waals surface area contributed by atoms with E-state index >= 15 is 0 Å². The molecule has 1 rings (SSSR count). The van der Waals surface area contributed by atoms with Crippen LogP contribution in [-0.4, -0.2) is 17.0 Å². The van der Waals surface area contributed by atoms with Crippen LogP contribution >= 0.6 is 11.8 Å². The van der Waals surface area contributed by atoms with E-state index in [1.54, 1.807) is 13.2 Å². The van der Waals surface area contributed by atoms with Crippen LogP contribution < -0.4 is 0 Å². The molecule has 0 radical (unpaired) electrons. The summed E-state index contributed by atoms with van der Waals surface area (Å²) in [5, 5.41) is 0.162. The maximum Gasteiger partial charge on any atom is 0.220 e. The van der Waals surface area contributed by atoms with Crippen LogP contribution in [0, 0.1) is 0 Å². The van der Waals surface area contributed by atoms with Crippen LogP contribution in [0.25, 0.3) is 0 Å². The summed E-state index contributed by atoms with van der Waals surface area (Å²) in [4.78, 5) is 12.1. The lowest BCUT2D eigenvalue weighted by Crippen LogP contribution is -2.21. The Bertz CT molecular complexity index is 373. The Balaban J connectivity index is 2.54. The van der Waals surface area contributed by atoms with E-state index in [1.807, 2.05) is 0 Å². The third kappa shape index (κ3) is 4.41. The zero-order valence-electron chi connectivity index (χ0n) is 13.2. The summed E-state index contributed by atoms with van der Waals surface area (Å²) in [6.07, 6.45) is 11.1. The standard InChI is InChI=1S/C17H28O2S/c1-5-7-8-9-10-11-13-17(3)15(19-4)14(12-6-2)16(18)20-17/h6H,2,5,7-13H2,1,3-4H3. The average molecular weight is 296 g/mol. The van der Waals surface area contributed by atoms with Gasteiger partial charge in [-0.1, -0.05) is 63.3 Å². The van der Waals surface area contributed by atoms with Crippen LogP contribution in [0.1, 0.15) is 65.2 Å². The molecule has 0 N–H and O–H groups in total. The molecule has 0 bridgehead atoms. The van der Waals surface area contributed by atoms with E-state index in [0.717, 1.165) is 24.2 Å². The molecule has 0 aromatic carbocycles. The molecule has 1 aliphatic heterocycles. The summed E-state index contributed by atoms with van der Waals surface area (Å²) in [6.45, 7) is 8.10. The average Bonchev–Trinajstić information content (AvgIpc) is 2.65. The van der Waals surface area contributed by atoms with Gasteiger partial charge in [0.2, 0.25) is 5.12 Å². The van der Waals surface area contributed by atoms with Gasteiger partial charge in [0.25, 0.3) is 0 Å². The first-order valence-electron chi connectivity index (χ1n) is 7.71. The van der Waals surface area contributed by atoms with E-state index in [1.165, 1.54) is 43.9 Å². The van der Waals surface area contributed by atoms with E-state index in [2.05, 4.69) is 20.4 Å². The fraction of sp³-hybridized carbons (Fsp3) is 0.706. The van der Waals surface area contributed by atoms with Crippen LogP contribution in [0.4, 0.5) is 0 Å². The fourth-order valence-electron chi connectivity index (χ4n) is 2.79. The van der Waals surface area contributed by atoms with Gasteiger partial charge in [0.05, 0.1) is 11.9 Å². The van der Waals surface area contributed by atoms with Crippen LogP contribution in [-0.2, 0) is 9.53 Å². The van der Waals surface area contributed by atoms with E-state index in [4.69, 9.17) is 4.74 Å². The number of carbonyl (C=O) groups excluding carboxylic acids is 1. The first kappa shape index (κ1) is 17.4. The summed E-state index contributed by atoms with van der Waals surface area (Å²) in [6, 6.07) is 0. The molecule has 3 heteroatoms. The largest absolute Gasteiger partial charge is 0.499 e. The molecule has 0 amide bonds. The Kier molecular flexibility index (Phi) is 7.42. The minimum Gasteiger partial charge on any atom is -0.499 e. The van der Waals surface area contributed by atoms with Gasteiger partial charge in [-0.2, -0.15) is 0 Å². The van der Waals surface area contributed by atoms with Gasteiger partial charge in [-0.15, -0.1) is 6.58 Å². The van der Waals surface area contributed by atoms with E-state index < -0.39 is 0 Å². The van der Waals surface area contributed by atoms with Crippen molar-refractivity contribution in [1.29, 1.82) is 0 Å². The third-order valence-corrected chi connectivity index (χ3v) is 5.15. The number of methoxy groups -OCH3 is 1. The number of carbonyl (C=O) groups is 1. The van der Waals surface area contributed by atoms with Crippen molar-refractivity contribution in [3.63, 3.8) is 0 Å². The van der Waals surface area contributed by atoms with Gasteiger partial charge in [0.1, 0.15) is 5.76 Å². The van der Waals surface area contributed by atoms with Crippen LogP contribution in [0.3, 0.4) is 0 Å². The lowest BCUT2D eigenvalue weighted by atomic mass is 9.96. The number of ether oxygens (including phenoxy) is 1. The normalized spacial score (nSPS) is 22.4. The predicted octanol–water partition coefficient (Wildman–Crippen LogP) is 5.25. The van der Waals surface area contributed by atoms with Gasteiger partial charge in [0, 0.05) is 5.57 Å². The Hall–Kier alpha value is -0.700. The van der Waals surface area contributed by atoms with Gasteiger partial charge >= 0.3 is 0 Å². The molecule has 0 aromatic rings. The van der Waals surface area contributed by atoms with Crippen molar-refractivity contribution < 1.29 is 9.53 Å². The summed E-state index contributed by atoms with van der Waals surface area (Å²) in [5.74, 6) is 0.876. The summed E-state index contributed by atoms with van der Waals surface area (Å²) < 4.78 is 5.38. The van der Waals surface area contributed by atoms with Crippen molar-refractivity contribution in [2.24, 2.45) is 0 Å². The molecule has 0 saturated carbocycles. The molecule has 1 aliphatic rings. The molecule has 2 nitrogen and oxygen atoms in total. The second-order valence-corrected chi connectivity index (χ2v) is 7.12. The van der Waals surface area contributed by atoms with Crippen molar-refractivity contribution in [3.8, 4) is 0 Å². The predicted molar refractivity (Wildman–Crippen MR) is 87.8 cm³/mol. The van der Waals surface area contributed by atoms with E-state index in [9.17, 15) is 4.79 Å². The quantitative estimate of drug-likeness (QED) is 0.407. The van der Waals surface area contributed by atoms with Gasteiger partial charge in [-0.3, -0.25) is 4.79 Å². The van der Waals surface area contributed by atoms with Crippen LogP contribution in [0.5, 0.6) is 0 Å². The van der Waals surface area contributed by atoms with Gasteiger partial charge in [-0.05, 0) is 19.8 Å². The molecular formula is C17H28O2S. The van der Waals surface area contributed by atoms with Gasteiger partial charge in [-0.25, -0.2) is 0 Å². The van der Waals surface area contributed by atoms with Crippen LogP contribution in [0.15, 0.2) is 24.0 Å². The van der Waals surface area contributed by atoms with Crippen molar-refractivity contribution in [2.45, 2.75) is 70.0 Å². The maximum atomic E-state index is 12.1.